The van der Waals surface area contributed by atoms with E-state index in [9.17, 15) is 10.1 Å². The Morgan fingerprint density at radius 2 is 1.89 bits per heavy atom. The molecule has 0 spiro atoms. The zero-order chi connectivity index (χ0) is 25.2. The van der Waals surface area contributed by atoms with Crippen molar-refractivity contribution < 1.29 is 4.79 Å². The van der Waals surface area contributed by atoms with Gasteiger partial charge in [-0.3, -0.25) is 9.69 Å². The maximum atomic E-state index is 13.8. The van der Waals surface area contributed by atoms with E-state index in [1.54, 1.807) is 28.8 Å². The molecule has 3 aromatic carbocycles. The molecule has 0 aromatic heterocycles. The molecule has 0 bridgehead atoms. The maximum absolute atomic E-state index is 13.8. The van der Waals surface area contributed by atoms with Gasteiger partial charge < -0.3 is 16.0 Å². The zero-order valence-corrected chi connectivity index (χ0v) is 21.5. The van der Waals surface area contributed by atoms with Crippen LogP contribution in [-0.2, 0) is 11.3 Å². The minimum Gasteiger partial charge on any atom is -0.399 e. The Labute approximate surface area is 218 Å². The number of aliphatic imine (C=N–C) groups is 1. The van der Waals surface area contributed by atoms with Gasteiger partial charge in [-0.15, -0.1) is 0 Å². The smallest absolute Gasteiger partial charge is 0.269 e. The van der Waals surface area contributed by atoms with Crippen molar-refractivity contribution in [2.24, 2.45) is 4.99 Å². The number of carbonyl (C=O) groups excluding carboxylic acids is 1. The summed E-state index contributed by atoms with van der Waals surface area (Å²) in [6.45, 7) is 3.11. The Bertz CT molecular complexity index is 1440. The van der Waals surface area contributed by atoms with Gasteiger partial charge in [0, 0.05) is 24.2 Å². The van der Waals surface area contributed by atoms with Crippen LogP contribution in [-0.4, -0.2) is 29.6 Å². The number of hydrogen-bond acceptors (Lipinski definition) is 8. The van der Waals surface area contributed by atoms with E-state index in [1.165, 1.54) is 11.8 Å². The average molecular weight is 513 g/mol. The number of amidine groups is 1. The molecule has 1 saturated heterocycles. The number of nitrogen functional groups attached to an aromatic ring is 1. The second-order valence-electron chi connectivity index (χ2n) is 8.27. The molecule has 0 unspecified atom stereocenters. The summed E-state index contributed by atoms with van der Waals surface area (Å²) in [6.07, 6.45) is 0. The van der Waals surface area contributed by atoms with Crippen LogP contribution in [0.3, 0.4) is 0 Å². The minimum atomic E-state index is -0.0980. The number of nitrogens with two attached hydrogens (primary N) is 1. The van der Waals surface area contributed by atoms with E-state index in [1.807, 2.05) is 73.5 Å². The molecule has 180 valence electrons. The van der Waals surface area contributed by atoms with E-state index in [4.69, 9.17) is 10.7 Å². The molecule has 0 radical (unpaired) electrons. The summed E-state index contributed by atoms with van der Waals surface area (Å²) >= 11 is 2.90. The van der Waals surface area contributed by atoms with E-state index >= 15 is 0 Å². The summed E-state index contributed by atoms with van der Waals surface area (Å²) in [4.78, 5) is 24.1. The van der Waals surface area contributed by atoms with Gasteiger partial charge in [0.2, 0.25) is 0 Å². The highest BCUT2D eigenvalue weighted by Gasteiger charge is 2.39. The van der Waals surface area contributed by atoms with Crippen LogP contribution >= 0.6 is 23.5 Å². The van der Waals surface area contributed by atoms with Crippen LogP contribution in [0.2, 0.25) is 0 Å². The standard InChI is InChI=1S/C27H24N6OS2/c1-3-30-20-11-9-18(15-28)13-21(20)31-27-33(16-17-7-5-4-6-8-17)25(34)24(36-27)26-32(2)22-12-10-19(29)14-23(22)35-26/h4-14,30H,3,16,29H2,1-2H3/b26-24+,31-27?. The van der Waals surface area contributed by atoms with Gasteiger partial charge in [-0.2, -0.15) is 5.26 Å². The molecule has 0 saturated carbocycles. The quantitative estimate of drug-likeness (QED) is 0.332. The number of nitriles is 1. The largest absolute Gasteiger partial charge is 0.399 e. The van der Waals surface area contributed by atoms with Crippen LogP contribution in [0.15, 0.2) is 86.6 Å². The molecular weight excluding hydrogens is 488 g/mol. The third kappa shape index (κ3) is 4.53. The first-order chi connectivity index (χ1) is 17.5. The van der Waals surface area contributed by atoms with Crippen molar-refractivity contribution >= 4 is 57.3 Å². The Kier molecular flexibility index (Phi) is 6.63. The van der Waals surface area contributed by atoms with Gasteiger partial charge in [-0.1, -0.05) is 42.1 Å². The highest BCUT2D eigenvalue weighted by atomic mass is 32.2. The molecule has 9 heteroatoms. The topological polar surface area (TPSA) is 97.7 Å². The number of fused-ring (bicyclic) bond motifs is 1. The fraction of sp³-hybridized carbons (Fsp3) is 0.148. The van der Waals surface area contributed by atoms with Crippen LogP contribution in [0.5, 0.6) is 0 Å². The van der Waals surface area contributed by atoms with Crippen molar-refractivity contribution in [2.45, 2.75) is 18.4 Å². The molecule has 1 amide bonds. The monoisotopic (exact) mass is 512 g/mol. The lowest BCUT2D eigenvalue weighted by Crippen LogP contribution is -2.29. The number of benzene rings is 3. The molecule has 0 aliphatic carbocycles. The normalized spacial score (nSPS) is 18.0. The van der Waals surface area contributed by atoms with Crippen molar-refractivity contribution in [3.05, 3.63) is 87.8 Å². The van der Waals surface area contributed by atoms with Crippen LogP contribution in [0.1, 0.15) is 18.1 Å². The van der Waals surface area contributed by atoms with Crippen molar-refractivity contribution in [3.63, 3.8) is 0 Å². The van der Waals surface area contributed by atoms with Crippen LogP contribution < -0.4 is 16.0 Å². The van der Waals surface area contributed by atoms with E-state index in [2.05, 4.69) is 11.4 Å². The molecule has 36 heavy (non-hydrogen) atoms. The molecule has 3 N–H and O–H groups in total. The summed E-state index contributed by atoms with van der Waals surface area (Å²) in [5, 5.41) is 14.2. The zero-order valence-electron chi connectivity index (χ0n) is 19.9. The summed E-state index contributed by atoms with van der Waals surface area (Å²) in [5.74, 6) is -0.0980. The molecule has 7 nitrogen and oxygen atoms in total. The fourth-order valence-electron chi connectivity index (χ4n) is 4.03. The Morgan fingerprint density at radius 1 is 1.08 bits per heavy atom. The highest BCUT2D eigenvalue weighted by Crippen LogP contribution is 2.51. The van der Waals surface area contributed by atoms with Gasteiger partial charge in [-0.25, -0.2) is 4.99 Å². The Hall–Kier alpha value is -3.87. The van der Waals surface area contributed by atoms with Crippen LogP contribution in [0.25, 0.3) is 0 Å². The van der Waals surface area contributed by atoms with E-state index in [0.29, 0.717) is 40.1 Å². The van der Waals surface area contributed by atoms with Gasteiger partial charge >= 0.3 is 0 Å². The van der Waals surface area contributed by atoms with Gasteiger partial charge in [0.1, 0.15) is 4.91 Å². The Balaban J connectivity index is 1.59. The number of thioether (sulfide) groups is 2. The van der Waals surface area contributed by atoms with Crippen LogP contribution in [0.4, 0.5) is 22.7 Å². The number of nitrogens with zero attached hydrogens (tertiary/aromatic N) is 4. The van der Waals surface area contributed by atoms with Gasteiger partial charge in [0.25, 0.3) is 5.91 Å². The SMILES string of the molecule is CCNc1ccc(C#N)cc1N=C1S/C(=C2/Sc3cc(N)ccc3N2C)C(=O)N1Cc1ccccc1. The van der Waals surface area contributed by atoms with E-state index in [0.717, 1.165) is 26.9 Å². The molecular formula is C27H24N6OS2. The molecule has 0 atom stereocenters. The first kappa shape index (κ1) is 23.9. The van der Waals surface area contributed by atoms with Crippen molar-refractivity contribution in [3.8, 4) is 6.07 Å². The summed E-state index contributed by atoms with van der Waals surface area (Å²) in [5.41, 5.74) is 10.7. The molecule has 2 heterocycles. The van der Waals surface area contributed by atoms with E-state index in [-0.39, 0.29) is 5.91 Å². The number of rotatable bonds is 5. The highest BCUT2D eigenvalue weighted by molar-refractivity contribution is 8.19. The predicted molar refractivity (Wildman–Crippen MR) is 149 cm³/mol. The second kappa shape index (κ2) is 10.0. The van der Waals surface area contributed by atoms with Gasteiger partial charge in [-0.05, 0) is 60.6 Å². The number of anilines is 3. The van der Waals surface area contributed by atoms with Gasteiger partial charge in [0.15, 0.2) is 5.17 Å². The van der Waals surface area contributed by atoms with Crippen LogP contribution in [0, 0.1) is 11.3 Å². The lowest BCUT2D eigenvalue weighted by Gasteiger charge is -2.17. The van der Waals surface area contributed by atoms with E-state index < -0.39 is 0 Å². The van der Waals surface area contributed by atoms with Crippen molar-refractivity contribution in [2.75, 3.05) is 29.5 Å². The lowest BCUT2D eigenvalue weighted by atomic mass is 10.2. The summed E-state index contributed by atoms with van der Waals surface area (Å²) < 4.78 is 0. The second-order valence-corrected chi connectivity index (χ2v) is 10.3. The number of amides is 1. The first-order valence-electron chi connectivity index (χ1n) is 11.4. The molecule has 1 fully saturated rings. The van der Waals surface area contributed by atoms with Crippen molar-refractivity contribution in [1.29, 1.82) is 5.26 Å². The third-order valence-electron chi connectivity index (χ3n) is 5.81. The molecule has 2 aliphatic heterocycles. The summed E-state index contributed by atoms with van der Waals surface area (Å²) in [7, 11) is 1.96. The number of hydrogen-bond donors (Lipinski definition) is 2. The minimum absolute atomic E-state index is 0.0980. The molecule has 3 aromatic rings. The number of nitrogens with one attached hydrogen (secondary N) is 1. The Morgan fingerprint density at radius 3 is 2.64 bits per heavy atom. The number of carbonyl (C=O) groups is 1. The lowest BCUT2D eigenvalue weighted by molar-refractivity contribution is -0.122. The third-order valence-corrected chi connectivity index (χ3v) is 8.22. The van der Waals surface area contributed by atoms with Gasteiger partial charge in [0.05, 0.1) is 40.3 Å². The van der Waals surface area contributed by atoms with Crippen molar-refractivity contribution in [1.82, 2.24) is 4.90 Å². The average Bonchev–Trinajstić information content (AvgIpc) is 3.36. The summed E-state index contributed by atoms with van der Waals surface area (Å²) in [6, 6.07) is 23.2. The fourth-order valence-corrected chi connectivity index (χ4v) is 6.41. The molecule has 5 rings (SSSR count). The maximum Gasteiger partial charge on any atom is 0.269 e. The molecule has 2 aliphatic rings. The first-order valence-corrected chi connectivity index (χ1v) is 13.1. The predicted octanol–water partition coefficient (Wildman–Crippen LogP) is 5.75.